The molecule has 11 heteroatoms. The highest BCUT2D eigenvalue weighted by Crippen LogP contribution is 2.45. The lowest BCUT2D eigenvalue weighted by Gasteiger charge is -2.48. The molecule has 2 aromatic rings. The number of ether oxygens (including phenoxy) is 1. The summed E-state index contributed by atoms with van der Waals surface area (Å²) in [5, 5.41) is 9.73. The third-order valence-corrected chi connectivity index (χ3v) is 9.69. The van der Waals surface area contributed by atoms with Crippen molar-refractivity contribution in [3.63, 3.8) is 0 Å². The molecule has 0 aliphatic carbocycles. The standard InChI is InChI=1S/C26H30Cl2FNO6S/c1-5-18(14-37(34,35)26(2,3)4)30-23(15-9-10-19(28)20(29)12-15)24(16-7-6-8-17(27)11-16)36-21(25(30)33)13-22(31)32/h6-12,18,21,23-24H,5,13-14H2,1-4H3,(H,31,32)/t18?,21-,23-,24-/m1/s1. The molecule has 1 unspecified atom stereocenters. The first-order chi connectivity index (χ1) is 17.2. The van der Waals surface area contributed by atoms with E-state index in [0.29, 0.717) is 16.1 Å². The number of amides is 1. The quantitative estimate of drug-likeness (QED) is 0.440. The van der Waals surface area contributed by atoms with Crippen LogP contribution in [0.4, 0.5) is 4.39 Å². The van der Waals surface area contributed by atoms with Gasteiger partial charge in [-0.05, 0) is 62.6 Å². The summed E-state index contributed by atoms with van der Waals surface area (Å²) in [6.07, 6.45) is -2.74. The fourth-order valence-corrected chi connectivity index (χ4v) is 6.05. The molecule has 2 aromatic carbocycles. The van der Waals surface area contributed by atoms with Gasteiger partial charge in [0.05, 0.1) is 28.0 Å². The molecule has 0 bridgehead atoms. The lowest BCUT2D eigenvalue weighted by Crippen LogP contribution is -2.57. The van der Waals surface area contributed by atoms with Crippen LogP contribution < -0.4 is 0 Å². The van der Waals surface area contributed by atoms with Crippen LogP contribution in [-0.2, 0) is 24.2 Å². The van der Waals surface area contributed by atoms with E-state index in [1.807, 2.05) is 0 Å². The molecule has 1 N–H and O–H groups in total. The van der Waals surface area contributed by atoms with Crippen LogP contribution in [-0.4, -0.2) is 52.9 Å². The molecule has 1 heterocycles. The molecule has 1 amide bonds. The number of halogens is 3. The van der Waals surface area contributed by atoms with Crippen molar-refractivity contribution in [2.75, 3.05) is 5.75 Å². The molecule has 4 atom stereocenters. The zero-order chi connectivity index (χ0) is 27.7. The third-order valence-electron chi connectivity index (χ3n) is 6.46. The number of carboxylic acid groups (broad SMARTS) is 1. The first kappa shape index (κ1) is 29.4. The Morgan fingerprint density at radius 2 is 1.84 bits per heavy atom. The van der Waals surface area contributed by atoms with Gasteiger partial charge in [-0.1, -0.05) is 48.3 Å². The maximum absolute atomic E-state index is 14.6. The second-order valence-electron chi connectivity index (χ2n) is 10.0. The van der Waals surface area contributed by atoms with Crippen LogP contribution in [0.5, 0.6) is 0 Å². The van der Waals surface area contributed by atoms with Crippen LogP contribution >= 0.6 is 23.2 Å². The van der Waals surface area contributed by atoms with Crippen LogP contribution in [0, 0.1) is 5.82 Å². The van der Waals surface area contributed by atoms with E-state index in [4.69, 9.17) is 27.9 Å². The number of aliphatic carboxylic acids is 1. The monoisotopic (exact) mass is 573 g/mol. The average Bonchev–Trinajstić information content (AvgIpc) is 2.79. The molecule has 1 aliphatic rings. The Hall–Kier alpha value is -2.20. The molecule has 0 saturated carbocycles. The van der Waals surface area contributed by atoms with Crippen molar-refractivity contribution < 1.29 is 32.2 Å². The van der Waals surface area contributed by atoms with E-state index in [1.54, 1.807) is 58.0 Å². The minimum atomic E-state index is -3.70. The molecule has 3 rings (SSSR count). The van der Waals surface area contributed by atoms with Crippen molar-refractivity contribution in [3.8, 4) is 0 Å². The molecular weight excluding hydrogens is 544 g/mol. The van der Waals surface area contributed by atoms with E-state index < -0.39 is 63.0 Å². The number of morpholine rings is 1. The molecule has 1 fully saturated rings. The summed E-state index contributed by atoms with van der Waals surface area (Å²) in [5.41, 5.74) is 0.842. The Morgan fingerprint density at radius 1 is 1.16 bits per heavy atom. The highest BCUT2D eigenvalue weighted by atomic mass is 35.5. The number of nitrogens with zero attached hydrogens (tertiary/aromatic N) is 1. The van der Waals surface area contributed by atoms with Gasteiger partial charge >= 0.3 is 5.97 Å². The maximum atomic E-state index is 14.6. The molecule has 1 saturated heterocycles. The molecule has 0 radical (unpaired) electrons. The van der Waals surface area contributed by atoms with Gasteiger partial charge in [0, 0.05) is 11.1 Å². The van der Waals surface area contributed by atoms with E-state index in [2.05, 4.69) is 0 Å². The van der Waals surface area contributed by atoms with Crippen LogP contribution in [0.1, 0.15) is 63.8 Å². The van der Waals surface area contributed by atoms with Gasteiger partial charge < -0.3 is 14.7 Å². The van der Waals surface area contributed by atoms with E-state index in [0.717, 1.165) is 0 Å². The largest absolute Gasteiger partial charge is 0.481 e. The predicted octanol–water partition coefficient (Wildman–Crippen LogP) is 5.61. The summed E-state index contributed by atoms with van der Waals surface area (Å²) >= 11 is 12.1. The van der Waals surface area contributed by atoms with Crippen molar-refractivity contribution in [2.45, 2.75) is 69.6 Å². The fourth-order valence-electron chi connectivity index (χ4n) is 4.33. The zero-order valence-corrected chi connectivity index (χ0v) is 23.3. The van der Waals surface area contributed by atoms with Gasteiger partial charge in [0.1, 0.15) is 18.0 Å². The third kappa shape index (κ3) is 6.45. The number of hydrogen-bond acceptors (Lipinski definition) is 5. The van der Waals surface area contributed by atoms with E-state index in [1.165, 1.54) is 17.0 Å². The Kier molecular flexibility index (Phi) is 8.94. The highest BCUT2D eigenvalue weighted by molar-refractivity contribution is 7.92. The number of hydrogen-bond donors (Lipinski definition) is 1. The van der Waals surface area contributed by atoms with Crippen molar-refractivity contribution in [1.82, 2.24) is 4.90 Å². The molecule has 0 aromatic heterocycles. The van der Waals surface area contributed by atoms with E-state index in [-0.39, 0.29) is 17.2 Å². The average molecular weight is 574 g/mol. The van der Waals surface area contributed by atoms with Gasteiger partial charge in [0.25, 0.3) is 5.91 Å². The smallest absolute Gasteiger partial charge is 0.306 e. The Bertz CT molecular complexity index is 1280. The number of benzene rings is 2. The van der Waals surface area contributed by atoms with E-state index in [9.17, 15) is 27.5 Å². The molecule has 1 aliphatic heterocycles. The number of carboxylic acids is 1. The Labute approximate surface area is 226 Å². The van der Waals surface area contributed by atoms with Gasteiger partial charge in [0.2, 0.25) is 0 Å². The highest BCUT2D eigenvalue weighted by Gasteiger charge is 2.48. The summed E-state index contributed by atoms with van der Waals surface area (Å²) in [7, 11) is -3.70. The first-order valence-electron chi connectivity index (χ1n) is 11.8. The van der Waals surface area contributed by atoms with Crippen molar-refractivity contribution in [1.29, 1.82) is 0 Å². The van der Waals surface area contributed by atoms with Crippen LogP contribution in [0.2, 0.25) is 10.0 Å². The summed E-state index contributed by atoms with van der Waals surface area (Å²) in [6.45, 7) is 6.46. The number of carbonyl (C=O) groups is 2. The minimum Gasteiger partial charge on any atom is -0.481 e. The first-order valence-corrected chi connectivity index (χ1v) is 14.2. The van der Waals surface area contributed by atoms with Gasteiger partial charge in [-0.25, -0.2) is 12.8 Å². The van der Waals surface area contributed by atoms with Crippen molar-refractivity contribution >= 4 is 44.9 Å². The maximum Gasteiger partial charge on any atom is 0.306 e. The van der Waals surface area contributed by atoms with Gasteiger partial charge in [-0.2, -0.15) is 0 Å². The normalized spacial score (nSPS) is 21.6. The van der Waals surface area contributed by atoms with Crippen LogP contribution in [0.25, 0.3) is 0 Å². The summed E-state index contributed by atoms with van der Waals surface area (Å²) in [5.74, 6) is -3.03. The minimum absolute atomic E-state index is 0.122. The lowest BCUT2D eigenvalue weighted by atomic mass is 9.89. The van der Waals surface area contributed by atoms with Crippen molar-refractivity contribution in [2.24, 2.45) is 0 Å². The Balaban J connectivity index is 2.25. The summed E-state index contributed by atoms with van der Waals surface area (Å²) in [4.78, 5) is 26.7. The summed E-state index contributed by atoms with van der Waals surface area (Å²) < 4.78 is 46.0. The molecule has 37 heavy (non-hydrogen) atoms. The SMILES string of the molecule is CCC(CS(=O)(=O)C(C)(C)C)N1C(=O)[C@@H](CC(=O)O)O[C@H](c2cccc(Cl)c2)[C@H]1c1ccc(Cl)c(F)c1. The van der Waals surface area contributed by atoms with Crippen LogP contribution in [0.3, 0.4) is 0 Å². The molecule has 202 valence electrons. The molecular formula is C26H30Cl2FNO6S. The van der Waals surface area contributed by atoms with Gasteiger partial charge in [0.15, 0.2) is 9.84 Å². The predicted molar refractivity (Wildman–Crippen MR) is 140 cm³/mol. The van der Waals surface area contributed by atoms with E-state index >= 15 is 0 Å². The lowest BCUT2D eigenvalue weighted by molar-refractivity contribution is -0.182. The topological polar surface area (TPSA) is 101 Å². The second-order valence-corrected chi connectivity index (χ2v) is 13.6. The fraction of sp³-hybridized carbons (Fsp3) is 0.462. The number of rotatable bonds is 8. The second kappa shape index (κ2) is 11.3. The number of sulfone groups is 1. The summed E-state index contributed by atoms with van der Waals surface area (Å²) in [6, 6.07) is 8.88. The number of carbonyl (C=O) groups excluding carboxylic acids is 1. The van der Waals surface area contributed by atoms with Crippen LogP contribution in [0.15, 0.2) is 42.5 Å². The molecule has 7 nitrogen and oxygen atoms in total. The van der Waals surface area contributed by atoms with Gasteiger partial charge in [-0.15, -0.1) is 0 Å². The van der Waals surface area contributed by atoms with Gasteiger partial charge in [-0.3, -0.25) is 9.59 Å². The zero-order valence-electron chi connectivity index (χ0n) is 20.9. The van der Waals surface area contributed by atoms with Crippen molar-refractivity contribution in [3.05, 3.63) is 69.5 Å². The Morgan fingerprint density at radius 3 is 2.38 bits per heavy atom. The molecule has 0 spiro atoms.